The summed E-state index contributed by atoms with van der Waals surface area (Å²) >= 11 is 0. The van der Waals surface area contributed by atoms with Gasteiger partial charge in [0, 0.05) is 19.2 Å². The van der Waals surface area contributed by atoms with Gasteiger partial charge in [0.15, 0.2) is 0 Å². The topological polar surface area (TPSA) is 199 Å². The average Bonchev–Trinajstić information content (AvgIpc) is 3.86. The van der Waals surface area contributed by atoms with Crippen molar-refractivity contribution in [2.45, 2.75) is 130 Å². The van der Waals surface area contributed by atoms with Gasteiger partial charge in [0.25, 0.3) is 0 Å². The second kappa shape index (κ2) is 21.8. The molecule has 0 spiro atoms. The normalized spacial score (nSPS) is 16.0. The molecule has 16 heteroatoms. The number of rotatable bonds is 19. The van der Waals surface area contributed by atoms with Crippen molar-refractivity contribution in [3.63, 3.8) is 0 Å². The lowest BCUT2D eigenvalue weighted by molar-refractivity contribution is -0.148. The molecule has 1 fully saturated rings. The fourth-order valence-electron chi connectivity index (χ4n) is 6.39. The van der Waals surface area contributed by atoms with Gasteiger partial charge in [-0.1, -0.05) is 74.5 Å². The summed E-state index contributed by atoms with van der Waals surface area (Å²) in [5.74, 6) is -2.90. The number of benzene rings is 2. The first kappa shape index (κ1) is 45.9. The van der Waals surface area contributed by atoms with Crippen LogP contribution in [-0.4, -0.2) is 92.5 Å². The third kappa shape index (κ3) is 15.2. The molecule has 5 amide bonds. The van der Waals surface area contributed by atoms with Gasteiger partial charge in [0.1, 0.15) is 49.1 Å². The van der Waals surface area contributed by atoms with E-state index in [0.29, 0.717) is 25.1 Å². The zero-order valence-corrected chi connectivity index (χ0v) is 35.1. The molecule has 1 saturated heterocycles. The second-order valence-corrected chi connectivity index (χ2v) is 16.2. The molecule has 2 heterocycles. The van der Waals surface area contributed by atoms with Crippen molar-refractivity contribution in [3.05, 3.63) is 90.0 Å². The molecule has 0 bridgehead atoms. The van der Waals surface area contributed by atoms with E-state index in [9.17, 15) is 28.8 Å². The summed E-state index contributed by atoms with van der Waals surface area (Å²) in [6, 6.07) is 13.7. The molecule has 1 aliphatic heterocycles. The average molecular weight is 818 g/mol. The summed E-state index contributed by atoms with van der Waals surface area (Å²) in [5, 5.41) is 10.7. The maximum atomic E-state index is 14.2. The van der Waals surface area contributed by atoms with Crippen LogP contribution in [0.5, 0.6) is 0 Å². The number of esters is 1. The molecule has 0 radical (unpaired) electrons. The highest BCUT2D eigenvalue weighted by molar-refractivity contribution is 5.96. The first-order valence-corrected chi connectivity index (χ1v) is 20.0. The number of nitrogens with one attached hydrogen (secondary N) is 4. The van der Waals surface area contributed by atoms with Crippen molar-refractivity contribution in [1.29, 1.82) is 0 Å². The highest BCUT2D eigenvalue weighted by Crippen LogP contribution is 2.21. The Labute approximate surface area is 346 Å². The predicted molar refractivity (Wildman–Crippen MR) is 218 cm³/mol. The maximum absolute atomic E-state index is 14.2. The molecule has 320 valence electrons. The van der Waals surface area contributed by atoms with E-state index in [1.54, 1.807) is 37.9 Å². The molecule has 5 atom stereocenters. The van der Waals surface area contributed by atoms with E-state index >= 15 is 0 Å². The number of alkyl carbamates (subject to hydrolysis) is 1. The summed E-state index contributed by atoms with van der Waals surface area (Å²) in [5.41, 5.74) is 1.49. The van der Waals surface area contributed by atoms with Crippen LogP contribution in [0.15, 0.2) is 73.2 Å². The summed E-state index contributed by atoms with van der Waals surface area (Å²) in [4.78, 5) is 86.0. The van der Waals surface area contributed by atoms with E-state index < -0.39 is 71.5 Å². The third-order valence-electron chi connectivity index (χ3n) is 9.31. The first-order chi connectivity index (χ1) is 28.0. The first-order valence-electron chi connectivity index (χ1n) is 20.0. The van der Waals surface area contributed by atoms with Gasteiger partial charge >= 0.3 is 12.1 Å². The Balaban J connectivity index is 1.36. The molecular formula is C43H59N7O9. The van der Waals surface area contributed by atoms with Gasteiger partial charge in [-0.25, -0.2) is 14.6 Å². The molecule has 16 nitrogen and oxygen atoms in total. The summed E-state index contributed by atoms with van der Waals surface area (Å²) in [6.07, 6.45) is 3.61. The molecular weight excluding hydrogens is 759 g/mol. The molecule has 0 aliphatic carbocycles. The number of ether oxygens (including phenoxy) is 3. The quantitative estimate of drug-likeness (QED) is 0.129. The van der Waals surface area contributed by atoms with E-state index in [-0.39, 0.29) is 38.6 Å². The standard InChI is InChI=1S/C43H59N7O9/c1-28(2)21-34(38(52)46-30(4)41(55)58-25-32-17-12-9-13-18-32)47-37(51)29(3)45-39(53)36-19-14-20-50(36)40(54)35(48-42(56)59-43(5,6)7)22-33-23-49(26-44-33)27-57-24-31-15-10-8-11-16-31/h8-13,15-18,23,26,28-30,34-36H,14,19-22,24-25,27H2,1-7H3,(H,45,53)(H,46,52)(H,47,51)(H,48,56)/t29-,30-,34+,35-,36+/m1/s1. The van der Waals surface area contributed by atoms with Crippen molar-refractivity contribution in [2.24, 2.45) is 5.92 Å². The van der Waals surface area contributed by atoms with Gasteiger partial charge in [-0.2, -0.15) is 0 Å². The van der Waals surface area contributed by atoms with Crippen LogP contribution >= 0.6 is 0 Å². The van der Waals surface area contributed by atoms with Crippen LogP contribution in [0.1, 0.15) is 84.5 Å². The Kier molecular flexibility index (Phi) is 17.0. The number of imidazole rings is 1. The molecule has 4 rings (SSSR count). The van der Waals surface area contributed by atoms with Crippen molar-refractivity contribution < 1.29 is 43.0 Å². The van der Waals surface area contributed by atoms with Gasteiger partial charge in [-0.3, -0.25) is 19.2 Å². The van der Waals surface area contributed by atoms with Crippen molar-refractivity contribution >= 4 is 35.7 Å². The van der Waals surface area contributed by atoms with Gasteiger partial charge in [0.2, 0.25) is 23.6 Å². The van der Waals surface area contributed by atoms with Crippen molar-refractivity contribution in [2.75, 3.05) is 6.54 Å². The third-order valence-corrected chi connectivity index (χ3v) is 9.31. The Hall–Kier alpha value is -5.77. The van der Waals surface area contributed by atoms with Gasteiger partial charge in [0.05, 0.1) is 18.6 Å². The zero-order chi connectivity index (χ0) is 43.1. The van der Waals surface area contributed by atoms with Gasteiger partial charge < -0.3 is 44.9 Å². The number of amides is 5. The smallest absolute Gasteiger partial charge is 0.408 e. The molecule has 2 aromatic carbocycles. The minimum Gasteiger partial charge on any atom is -0.459 e. The SMILES string of the molecule is CC(C)C[C@H](NC(=O)[C@@H](C)NC(=O)[C@@H]1CCCN1C(=O)[C@@H](Cc1cn(COCc2ccccc2)cn1)NC(=O)OC(C)(C)C)C(=O)N[C@H](C)C(=O)OCc1ccccc1. The number of carbonyl (C=O) groups excluding carboxylic acids is 6. The lowest BCUT2D eigenvalue weighted by atomic mass is 10.0. The maximum Gasteiger partial charge on any atom is 0.408 e. The highest BCUT2D eigenvalue weighted by atomic mass is 16.6. The second-order valence-electron chi connectivity index (χ2n) is 16.2. The Bertz CT molecular complexity index is 1860. The number of hydrogen-bond acceptors (Lipinski definition) is 10. The van der Waals surface area contributed by atoms with Crippen molar-refractivity contribution in [1.82, 2.24) is 35.7 Å². The van der Waals surface area contributed by atoms with Crippen LogP contribution in [0.3, 0.4) is 0 Å². The van der Waals surface area contributed by atoms with E-state index in [2.05, 4.69) is 26.3 Å². The molecule has 1 aliphatic rings. The lowest BCUT2D eigenvalue weighted by Crippen LogP contribution is -2.58. The highest BCUT2D eigenvalue weighted by Gasteiger charge is 2.39. The number of nitrogens with zero attached hydrogens (tertiary/aromatic N) is 3. The predicted octanol–water partition coefficient (Wildman–Crippen LogP) is 3.77. The minimum absolute atomic E-state index is 0.00156. The summed E-state index contributed by atoms with van der Waals surface area (Å²) in [6.45, 7) is 12.8. The molecule has 0 unspecified atom stereocenters. The molecule has 1 aromatic heterocycles. The molecule has 4 N–H and O–H groups in total. The van der Waals surface area contributed by atoms with Crippen LogP contribution in [0.4, 0.5) is 4.79 Å². The Morgan fingerprint density at radius 2 is 1.44 bits per heavy atom. The Morgan fingerprint density at radius 3 is 2.07 bits per heavy atom. The molecule has 3 aromatic rings. The fourth-order valence-corrected chi connectivity index (χ4v) is 6.39. The van der Waals surface area contributed by atoms with E-state index in [1.807, 2.05) is 74.5 Å². The number of likely N-dealkylation sites (tertiary alicyclic amines) is 1. The van der Waals surface area contributed by atoms with E-state index in [1.165, 1.54) is 18.7 Å². The van der Waals surface area contributed by atoms with Crippen molar-refractivity contribution in [3.8, 4) is 0 Å². The zero-order valence-electron chi connectivity index (χ0n) is 35.1. The molecule has 59 heavy (non-hydrogen) atoms. The monoisotopic (exact) mass is 817 g/mol. The van der Waals surface area contributed by atoms with E-state index in [0.717, 1.165) is 11.1 Å². The number of aromatic nitrogens is 2. The Morgan fingerprint density at radius 1 is 0.797 bits per heavy atom. The minimum atomic E-state index is -1.12. The van der Waals surface area contributed by atoms with E-state index in [4.69, 9.17) is 14.2 Å². The van der Waals surface area contributed by atoms with Crippen LogP contribution in [0.25, 0.3) is 0 Å². The van der Waals surface area contributed by atoms with Crippen LogP contribution in [0, 0.1) is 5.92 Å². The largest absolute Gasteiger partial charge is 0.459 e. The summed E-state index contributed by atoms with van der Waals surface area (Å²) < 4.78 is 18.3. The van der Waals surface area contributed by atoms with Crippen LogP contribution in [-0.2, 0) is 64.5 Å². The fraction of sp³-hybridized carbons (Fsp3) is 0.512. The van der Waals surface area contributed by atoms with Crippen LogP contribution < -0.4 is 21.3 Å². The summed E-state index contributed by atoms with van der Waals surface area (Å²) in [7, 11) is 0. The van der Waals surface area contributed by atoms with Gasteiger partial charge in [-0.15, -0.1) is 0 Å². The van der Waals surface area contributed by atoms with Crippen LogP contribution in [0.2, 0.25) is 0 Å². The lowest BCUT2D eigenvalue weighted by Gasteiger charge is -2.30. The molecule has 0 saturated carbocycles. The number of hydrogen-bond donors (Lipinski definition) is 4. The van der Waals surface area contributed by atoms with Gasteiger partial charge in [-0.05, 0) is 70.9 Å². The number of carbonyl (C=O) groups is 6.